The average molecular weight is 354 g/mol. The van der Waals surface area contributed by atoms with Gasteiger partial charge in [0.25, 0.3) is 5.91 Å². The number of hydrogen-bond acceptors (Lipinski definition) is 2. The molecular formula is C19H16ClN3O2. The zero-order chi connectivity index (χ0) is 17.4. The number of carbonyl (C=O) groups excluding carboxylic acids is 2. The second-order valence-corrected chi connectivity index (χ2v) is 6.53. The quantitative estimate of drug-likeness (QED) is 0.756. The minimum atomic E-state index is -0.217. The average Bonchev–Trinajstić information content (AvgIpc) is 2.99. The Balaban J connectivity index is 1.41. The molecule has 0 radical (unpaired) electrons. The van der Waals surface area contributed by atoms with Crippen LogP contribution < -0.4 is 5.32 Å². The van der Waals surface area contributed by atoms with Gasteiger partial charge in [0, 0.05) is 30.2 Å². The van der Waals surface area contributed by atoms with Crippen LogP contribution in [-0.2, 0) is 4.79 Å². The third kappa shape index (κ3) is 2.87. The SMILES string of the molecule is O=C(Nc1ccccc1Cl)C1CN(C(=O)c2c[nH]c3ccccc23)C1. The molecule has 1 aliphatic heterocycles. The number of aromatic amines is 1. The molecule has 2 amide bonds. The second-order valence-electron chi connectivity index (χ2n) is 6.12. The lowest BCUT2D eigenvalue weighted by atomic mass is 9.97. The van der Waals surface area contributed by atoms with Crippen LogP contribution in [0.3, 0.4) is 0 Å². The standard InChI is InChI=1S/C19H16ClN3O2/c20-15-6-2-4-8-17(15)22-18(24)12-10-23(11-12)19(25)14-9-21-16-7-3-1-5-13(14)16/h1-9,12,21H,10-11H2,(H,22,24). The van der Waals surface area contributed by atoms with Gasteiger partial charge in [-0.3, -0.25) is 9.59 Å². The van der Waals surface area contributed by atoms with Crippen molar-refractivity contribution >= 4 is 40.0 Å². The van der Waals surface area contributed by atoms with Crippen molar-refractivity contribution in [3.63, 3.8) is 0 Å². The van der Waals surface area contributed by atoms with E-state index >= 15 is 0 Å². The van der Waals surface area contributed by atoms with Gasteiger partial charge in [-0.25, -0.2) is 0 Å². The molecule has 1 fully saturated rings. The molecule has 0 aliphatic carbocycles. The number of halogens is 1. The van der Waals surface area contributed by atoms with Gasteiger partial charge in [-0.15, -0.1) is 0 Å². The van der Waals surface area contributed by atoms with Crippen LogP contribution in [0.25, 0.3) is 10.9 Å². The number of anilines is 1. The van der Waals surface area contributed by atoms with Crippen LogP contribution in [0, 0.1) is 5.92 Å². The van der Waals surface area contributed by atoms with Crippen molar-refractivity contribution in [2.45, 2.75) is 0 Å². The lowest BCUT2D eigenvalue weighted by Gasteiger charge is -2.38. The molecule has 5 nitrogen and oxygen atoms in total. The van der Waals surface area contributed by atoms with Gasteiger partial charge in [0.15, 0.2) is 0 Å². The number of carbonyl (C=O) groups is 2. The lowest BCUT2D eigenvalue weighted by molar-refractivity contribution is -0.123. The highest BCUT2D eigenvalue weighted by Crippen LogP contribution is 2.26. The normalized spacial score (nSPS) is 14.4. The maximum atomic E-state index is 12.6. The van der Waals surface area contributed by atoms with Crippen molar-refractivity contribution in [3.05, 3.63) is 65.3 Å². The van der Waals surface area contributed by atoms with E-state index in [0.717, 1.165) is 10.9 Å². The summed E-state index contributed by atoms with van der Waals surface area (Å²) in [7, 11) is 0. The van der Waals surface area contributed by atoms with E-state index in [1.807, 2.05) is 36.4 Å². The Kier molecular flexibility index (Phi) is 3.93. The fourth-order valence-corrected chi connectivity index (χ4v) is 3.21. The maximum Gasteiger partial charge on any atom is 0.256 e. The molecular weight excluding hydrogens is 338 g/mol. The minimum Gasteiger partial charge on any atom is -0.360 e. The van der Waals surface area contributed by atoms with E-state index in [0.29, 0.717) is 29.4 Å². The van der Waals surface area contributed by atoms with Gasteiger partial charge in [-0.2, -0.15) is 0 Å². The molecule has 0 bridgehead atoms. The van der Waals surface area contributed by atoms with E-state index < -0.39 is 0 Å². The zero-order valence-corrected chi connectivity index (χ0v) is 14.1. The van der Waals surface area contributed by atoms with Gasteiger partial charge >= 0.3 is 0 Å². The number of nitrogens with zero attached hydrogens (tertiary/aromatic N) is 1. The molecule has 2 aromatic carbocycles. The number of rotatable bonds is 3. The Morgan fingerprint density at radius 1 is 1.08 bits per heavy atom. The first-order chi connectivity index (χ1) is 12.1. The second kappa shape index (κ2) is 6.26. The molecule has 1 aromatic heterocycles. The summed E-state index contributed by atoms with van der Waals surface area (Å²) < 4.78 is 0. The first kappa shape index (κ1) is 15.7. The predicted octanol–water partition coefficient (Wildman–Crippen LogP) is 3.53. The molecule has 2 heterocycles. The minimum absolute atomic E-state index is 0.0563. The number of hydrogen-bond donors (Lipinski definition) is 2. The van der Waals surface area contributed by atoms with Gasteiger partial charge in [0.2, 0.25) is 5.91 Å². The van der Waals surface area contributed by atoms with E-state index in [-0.39, 0.29) is 17.7 Å². The Labute approximate surface area is 149 Å². The number of amides is 2. The van der Waals surface area contributed by atoms with Crippen LogP contribution in [-0.4, -0.2) is 34.8 Å². The number of benzene rings is 2. The van der Waals surface area contributed by atoms with Gasteiger partial charge < -0.3 is 15.2 Å². The van der Waals surface area contributed by atoms with Crippen molar-refractivity contribution in [1.82, 2.24) is 9.88 Å². The third-order valence-corrected chi connectivity index (χ3v) is 4.82. The lowest BCUT2D eigenvalue weighted by Crippen LogP contribution is -2.54. The highest BCUT2D eigenvalue weighted by Gasteiger charge is 2.36. The Hall–Kier alpha value is -2.79. The van der Waals surface area contributed by atoms with Gasteiger partial charge in [-0.05, 0) is 18.2 Å². The van der Waals surface area contributed by atoms with Crippen LogP contribution in [0.1, 0.15) is 10.4 Å². The van der Waals surface area contributed by atoms with Crippen LogP contribution in [0.5, 0.6) is 0 Å². The first-order valence-electron chi connectivity index (χ1n) is 8.04. The molecule has 126 valence electrons. The monoisotopic (exact) mass is 353 g/mol. The maximum absolute atomic E-state index is 12.6. The molecule has 1 aliphatic rings. The number of para-hydroxylation sites is 2. The van der Waals surface area contributed by atoms with E-state index in [1.54, 1.807) is 23.2 Å². The molecule has 2 N–H and O–H groups in total. The van der Waals surface area contributed by atoms with E-state index in [4.69, 9.17) is 11.6 Å². The summed E-state index contributed by atoms with van der Waals surface area (Å²) >= 11 is 6.05. The number of aromatic nitrogens is 1. The molecule has 3 aromatic rings. The van der Waals surface area contributed by atoms with Gasteiger partial charge in [0.1, 0.15) is 0 Å². The number of H-pyrrole nitrogens is 1. The summed E-state index contributed by atoms with van der Waals surface area (Å²) in [5, 5.41) is 4.22. The van der Waals surface area contributed by atoms with E-state index in [2.05, 4.69) is 10.3 Å². The zero-order valence-electron chi connectivity index (χ0n) is 13.3. The van der Waals surface area contributed by atoms with Crippen molar-refractivity contribution in [3.8, 4) is 0 Å². The number of nitrogens with one attached hydrogen (secondary N) is 2. The molecule has 0 unspecified atom stereocenters. The smallest absolute Gasteiger partial charge is 0.256 e. The molecule has 0 spiro atoms. The summed E-state index contributed by atoms with van der Waals surface area (Å²) in [5.74, 6) is -0.388. The summed E-state index contributed by atoms with van der Waals surface area (Å²) in [5.41, 5.74) is 2.16. The topological polar surface area (TPSA) is 65.2 Å². The van der Waals surface area contributed by atoms with Crippen LogP contribution in [0.4, 0.5) is 5.69 Å². The molecule has 25 heavy (non-hydrogen) atoms. The van der Waals surface area contributed by atoms with Crippen molar-refractivity contribution in [1.29, 1.82) is 0 Å². The van der Waals surface area contributed by atoms with Crippen molar-refractivity contribution in [2.24, 2.45) is 5.92 Å². The fraction of sp³-hybridized carbons (Fsp3) is 0.158. The Bertz CT molecular complexity index is 960. The summed E-state index contributed by atoms with van der Waals surface area (Å²) in [4.78, 5) is 29.7. The Morgan fingerprint density at radius 3 is 2.60 bits per heavy atom. The summed E-state index contributed by atoms with van der Waals surface area (Å²) in [6.07, 6.45) is 1.73. The molecule has 4 rings (SSSR count). The van der Waals surface area contributed by atoms with Gasteiger partial charge in [0.05, 0.1) is 22.2 Å². The van der Waals surface area contributed by atoms with Crippen LogP contribution in [0.2, 0.25) is 5.02 Å². The van der Waals surface area contributed by atoms with Crippen LogP contribution >= 0.6 is 11.6 Å². The number of likely N-dealkylation sites (tertiary alicyclic amines) is 1. The predicted molar refractivity (Wildman–Crippen MR) is 97.8 cm³/mol. The summed E-state index contributed by atoms with van der Waals surface area (Å²) in [6.45, 7) is 0.823. The third-order valence-electron chi connectivity index (χ3n) is 4.49. The molecule has 0 saturated carbocycles. The fourth-order valence-electron chi connectivity index (χ4n) is 3.03. The van der Waals surface area contributed by atoms with Gasteiger partial charge in [-0.1, -0.05) is 41.9 Å². The number of fused-ring (bicyclic) bond motifs is 1. The van der Waals surface area contributed by atoms with Crippen molar-refractivity contribution < 1.29 is 9.59 Å². The largest absolute Gasteiger partial charge is 0.360 e. The highest BCUT2D eigenvalue weighted by molar-refractivity contribution is 6.33. The van der Waals surface area contributed by atoms with E-state index in [1.165, 1.54) is 0 Å². The first-order valence-corrected chi connectivity index (χ1v) is 8.42. The Morgan fingerprint density at radius 2 is 1.80 bits per heavy atom. The van der Waals surface area contributed by atoms with Crippen LogP contribution in [0.15, 0.2) is 54.7 Å². The molecule has 6 heteroatoms. The molecule has 0 atom stereocenters. The van der Waals surface area contributed by atoms with Crippen molar-refractivity contribution in [2.75, 3.05) is 18.4 Å². The highest BCUT2D eigenvalue weighted by atomic mass is 35.5. The molecule has 1 saturated heterocycles. The van der Waals surface area contributed by atoms with E-state index in [9.17, 15) is 9.59 Å². The summed E-state index contributed by atoms with van der Waals surface area (Å²) in [6, 6.07) is 14.8.